The standard InChI is InChI=1S/C16H15ClFN/c1-2-10-3-5-11(6-4-10)15-8-12-7-13(17)9-14(18)16(12)19-15/h3-7,9,15,19H,2,8H2,1H3. The lowest BCUT2D eigenvalue weighted by Gasteiger charge is -2.12. The maximum absolute atomic E-state index is 13.8. The molecule has 0 bridgehead atoms. The molecular weight excluding hydrogens is 261 g/mol. The van der Waals surface area contributed by atoms with Crippen LogP contribution in [0.3, 0.4) is 0 Å². The highest BCUT2D eigenvalue weighted by Crippen LogP contribution is 2.37. The average molecular weight is 276 g/mol. The molecule has 1 nitrogen and oxygen atoms in total. The molecule has 3 rings (SSSR count). The highest BCUT2D eigenvalue weighted by atomic mass is 35.5. The number of nitrogens with one attached hydrogen (secondary N) is 1. The third kappa shape index (κ3) is 2.33. The van der Waals surface area contributed by atoms with Crippen molar-refractivity contribution in [1.82, 2.24) is 0 Å². The Morgan fingerprint density at radius 2 is 2.00 bits per heavy atom. The van der Waals surface area contributed by atoms with E-state index in [4.69, 9.17) is 11.6 Å². The number of fused-ring (bicyclic) bond motifs is 1. The van der Waals surface area contributed by atoms with Gasteiger partial charge in [-0.3, -0.25) is 0 Å². The molecular formula is C16H15ClFN. The highest BCUT2D eigenvalue weighted by molar-refractivity contribution is 6.30. The molecule has 19 heavy (non-hydrogen) atoms. The van der Waals surface area contributed by atoms with Crippen molar-refractivity contribution in [3.05, 3.63) is 63.9 Å². The molecule has 0 aromatic heterocycles. The van der Waals surface area contributed by atoms with Crippen molar-refractivity contribution in [2.45, 2.75) is 25.8 Å². The Morgan fingerprint density at radius 3 is 2.68 bits per heavy atom. The molecule has 1 atom stereocenters. The fourth-order valence-electron chi connectivity index (χ4n) is 2.58. The maximum Gasteiger partial charge on any atom is 0.148 e. The summed E-state index contributed by atoms with van der Waals surface area (Å²) in [7, 11) is 0. The van der Waals surface area contributed by atoms with E-state index in [2.05, 4.69) is 36.5 Å². The summed E-state index contributed by atoms with van der Waals surface area (Å²) in [5.74, 6) is -0.268. The molecule has 0 fully saturated rings. The minimum Gasteiger partial charge on any atom is -0.375 e. The molecule has 3 heteroatoms. The van der Waals surface area contributed by atoms with Gasteiger partial charge < -0.3 is 5.32 Å². The van der Waals surface area contributed by atoms with Gasteiger partial charge in [0.15, 0.2) is 0 Å². The molecule has 98 valence electrons. The summed E-state index contributed by atoms with van der Waals surface area (Å²) in [6.45, 7) is 2.13. The number of anilines is 1. The van der Waals surface area contributed by atoms with Crippen LogP contribution in [0.15, 0.2) is 36.4 Å². The second-order valence-corrected chi connectivity index (χ2v) is 5.35. The molecule has 2 aromatic carbocycles. The van der Waals surface area contributed by atoms with E-state index in [1.165, 1.54) is 17.2 Å². The number of hydrogen-bond donors (Lipinski definition) is 1. The highest BCUT2D eigenvalue weighted by Gasteiger charge is 2.25. The van der Waals surface area contributed by atoms with Crippen molar-refractivity contribution in [3.63, 3.8) is 0 Å². The molecule has 1 aliphatic heterocycles. The summed E-state index contributed by atoms with van der Waals surface area (Å²) in [6.07, 6.45) is 1.81. The van der Waals surface area contributed by atoms with Crippen molar-refractivity contribution >= 4 is 17.3 Å². The second-order valence-electron chi connectivity index (χ2n) is 4.92. The first-order valence-corrected chi connectivity index (χ1v) is 6.88. The molecule has 0 amide bonds. The van der Waals surface area contributed by atoms with E-state index in [9.17, 15) is 4.39 Å². The number of halogens is 2. The van der Waals surface area contributed by atoms with Crippen molar-refractivity contribution in [1.29, 1.82) is 0 Å². The van der Waals surface area contributed by atoms with E-state index in [1.54, 1.807) is 0 Å². The largest absolute Gasteiger partial charge is 0.375 e. The van der Waals surface area contributed by atoms with E-state index in [1.807, 2.05) is 6.07 Å². The van der Waals surface area contributed by atoms with Crippen LogP contribution < -0.4 is 5.32 Å². The Labute approximate surface area is 117 Å². The monoisotopic (exact) mass is 275 g/mol. The van der Waals surface area contributed by atoms with Gasteiger partial charge in [-0.1, -0.05) is 42.8 Å². The summed E-state index contributed by atoms with van der Waals surface area (Å²) in [4.78, 5) is 0. The Bertz CT molecular complexity index is 607. The van der Waals surface area contributed by atoms with Crippen LogP contribution in [0, 0.1) is 5.82 Å². The van der Waals surface area contributed by atoms with Gasteiger partial charge in [0.1, 0.15) is 5.82 Å². The summed E-state index contributed by atoms with van der Waals surface area (Å²) in [5, 5.41) is 3.71. The number of rotatable bonds is 2. The van der Waals surface area contributed by atoms with Crippen molar-refractivity contribution in [3.8, 4) is 0 Å². The summed E-state index contributed by atoms with van der Waals surface area (Å²) < 4.78 is 13.8. The van der Waals surface area contributed by atoms with E-state index < -0.39 is 0 Å². The van der Waals surface area contributed by atoms with Gasteiger partial charge in [-0.25, -0.2) is 4.39 Å². The van der Waals surface area contributed by atoms with Gasteiger partial charge in [-0.2, -0.15) is 0 Å². The molecule has 2 aromatic rings. The fourth-order valence-corrected chi connectivity index (χ4v) is 2.81. The zero-order valence-electron chi connectivity index (χ0n) is 10.7. The van der Waals surface area contributed by atoms with Crippen LogP contribution in [0.5, 0.6) is 0 Å². The van der Waals surface area contributed by atoms with Crippen LogP contribution >= 0.6 is 11.6 Å². The van der Waals surface area contributed by atoms with Crippen molar-refractivity contribution < 1.29 is 4.39 Å². The molecule has 0 aliphatic carbocycles. The predicted molar refractivity (Wildman–Crippen MR) is 77.3 cm³/mol. The topological polar surface area (TPSA) is 12.0 Å². The third-order valence-corrected chi connectivity index (χ3v) is 3.89. The first-order valence-electron chi connectivity index (χ1n) is 6.50. The Morgan fingerprint density at radius 1 is 1.26 bits per heavy atom. The SMILES string of the molecule is CCc1ccc(C2Cc3cc(Cl)cc(F)c3N2)cc1. The summed E-state index contributed by atoms with van der Waals surface area (Å²) >= 11 is 5.89. The lowest BCUT2D eigenvalue weighted by atomic mass is 10.0. The van der Waals surface area contributed by atoms with E-state index in [0.29, 0.717) is 10.7 Å². The first kappa shape index (κ1) is 12.5. The molecule has 0 saturated carbocycles. The van der Waals surface area contributed by atoms with Gasteiger partial charge in [0.05, 0.1) is 11.7 Å². The molecule has 0 radical (unpaired) electrons. The van der Waals surface area contributed by atoms with Gasteiger partial charge in [-0.05, 0) is 41.7 Å². The van der Waals surface area contributed by atoms with Crippen LogP contribution in [-0.2, 0) is 12.8 Å². The number of hydrogen-bond acceptors (Lipinski definition) is 1. The molecule has 1 unspecified atom stereocenters. The fraction of sp³-hybridized carbons (Fsp3) is 0.250. The van der Waals surface area contributed by atoms with Gasteiger partial charge in [0, 0.05) is 5.02 Å². The molecule has 1 N–H and O–H groups in total. The molecule has 1 heterocycles. The Hall–Kier alpha value is -1.54. The molecule has 1 aliphatic rings. The summed E-state index contributed by atoms with van der Waals surface area (Å²) in [6, 6.07) is 11.8. The van der Waals surface area contributed by atoms with Gasteiger partial charge in [-0.15, -0.1) is 0 Å². The zero-order valence-corrected chi connectivity index (χ0v) is 11.5. The van der Waals surface area contributed by atoms with Crippen molar-refractivity contribution in [2.24, 2.45) is 0 Å². The van der Waals surface area contributed by atoms with Gasteiger partial charge in [0.25, 0.3) is 0 Å². The number of aryl methyl sites for hydroxylation is 1. The maximum atomic E-state index is 13.8. The minimum atomic E-state index is -0.268. The normalized spacial score (nSPS) is 17.1. The van der Waals surface area contributed by atoms with E-state index >= 15 is 0 Å². The molecule has 0 spiro atoms. The van der Waals surface area contributed by atoms with Crippen LogP contribution in [0.4, 0.5) is 10.1 Å². The van der Waals surface area contributed by atoms with Gasteiger partial charge in [0.2, 0.25) is 0 Å². The third-order valence-electron chi connectivity index (χ3n) is 3.67. The van der Waals surface area contributed by atoms with Crippen LogP contribution in [-0.4, -0.2) is 0 Å². The van der Waals surface area contributed by atoms with E-state index in [0.717, 1.165) is 18.4 Å². The predicted octanol–water partition coefficient (Wildman–Crippen LogP) is 4.75. The minimum absolute atomic E-state index is 0.133. The lowest BCUT2D eigenvalue weighted by molar-refractivity contribution is 0.631. The quantitative estimate of drug-likeness (QED) is 0.834. The van der Waals surface area contributed by atoms with Crippen molar-refractivity contribution in [2.75, 3.05) is 5.32 Å². The number of benzene rings is 2. The lowest BCUT2D eigenvalue weighted by Crippen LogP contribution is -2.06. The second kappa shape index (κ2) is 4.86. The first-order chi connectivity index (χ1) is 9.17. The van der Waals surface area contributed by atoms with Crippen LogP contribution in [0.25, 0.3) is 0 Å². The van der Waals surface area contributed by atoms with Crippen LogP contribution in [0.1, 0.15) is 29.7 Å². The Balaban J connectivity index is 1.88. The summed E-state index contributed by atoms with van der Waals surface area (Å²) in [5.41, 5.74) is 4.04. The zero-order chi connectivity index (χ0) is 13.4. The smallest absolute Gasteiger partial charge is 0.148 e. The Kier molecular flexibility index (Phi) is 3.19. The molecule has 0 saturated heterocycles. The van der Waals surface area contributed by atoms with E-state index in [-0.39, 0.29) is 11.9 Å². The van der Waals surface area contributed by atoms with Crippen LogP contribution in [0.2, 0.25) is 5.02 Å². The average Bonchev–Trinajstić information content (AvgIpc) is 2.83. The van der Waals surface area contributed by atoms with Gasteiger partial charge >= 0.3 is 0 Å².